The van der Waals surface area contributed by atoms with E-state index in [9.17, 15) is 18.3 Å². The van der Waals surface area contributed by atoms with Crippen molar-refractivity contribution in [2.24, 2.45) is 0 Å². The molecule has 1 fully saturated rings. The molecular weight excluding hydrogens is 500 g/mol. The highest BCUT2D eigenvalue weighted by Crippen LogP contribution is 2.22. The zero-order chi connectivity index (χ0) is 26.4. The molecule has 1 amide bonds. The molecule has 0 unspecified atom stereocenters. The van der Waals surface area contributed by atoms with Crippen molar-refractivity contribution in [3.05, 3.63) is 60.4 Å². The predicted octanol–water partition coefficient (Wildman–Crippen LogP) is 2.38. The standard InChI is InChI=1S/C25H32N4O7S/c1-17(2)36-29(37(32,33)20-8-9-21-22(13-20)27-16-26-21)14-24(30)23(12-18-6-4-3-5-7-18)28-25(31)35-19-10-11-34-15-19/h3-9,13,16-17,19,23-24,30H,10-12,14-15H2,1-2H3,(H,26,27)(H,28,31)/t19-,23-,24+/m0/s1. The van der Waals surface area contributed by atoms with Gasteiger partial charge in [0.15, 0.2) is 0 Å². The third kappa shape index (κ3) is 7.05. The van der Waals surface area contributed by atoms with Crippen molar-refractivity contribution in [1.82, 2.24) is 19.8 Å². The lowest BCUT2D eigenvalue weighted by Crippen LogP contribution is -2.51. The number of fused-ring (bicyclic) bond motifs is 1. The summed E-state index contributed by atoms with van der Waals surface area (Å²) in [7, 11) is -4.17. The second-order valence-corrected chi connectivity index (χ2v) is 11.0. The molecule has 4 rings (SSSR count). The summed E-state index contributed by atoms with van der Waals surface area (Å²) in [6.07, 6.45) is -0.582. The average Bonchev–Trinajstić information content (AvgIpc) is 3.55. The lowest BCUT2D eigenvalue weighted by molar-refractivity contribution is -0.136. The second-order valence-electron chi connectivity index (χ2n) is 9.12. The predicted molar refractivity (Wildman–Crippen MR) is 135 cm³/mol. The van der Waals surface area contributed by atoms with Gasteiger partial charge in [-0.25, -0.2) is 18.2 Å². The van der Waals surface area contributed by atoms with E-state index >= 15 is 0 Å². The molecular formula is C25H32N4O7S. The Labute approximate surface area is 215 Å². The average molecular weight is 533 g/mol. The third-order valence-corrected chi connectivity index (χ3v) is 7.47. The number of alkyl carbamates (subject to hydrolysis) is 1. The number of rotatable bonds is 11. The first-order valence-electron chi connectivity index (χ1n) is 12.1. The maximum atomic E-state index is 13.5. The van der Waals surface area contributed by atoms with Gasteiger partial charge < -0.3 is 24.9 Å². The van der Waals surface area contributed by atoms with Gasteiger partial charge in [0.2, 0.25) is 0 Å². The van der Waals surface area contributed by atoms with Gasteiger partial charge in [-0.05, 0) is 44.0 Å². The molecule has 1 aliphatic heterocycles. The fourth-order valence-electron chi connectivity index (χ4n) is 4.00. The Morgan fingerprint density at radius 3 is 2.76 bits per heavy atom. The Hall–Kier alpha value is -3.03. The Bertz CT molecular complexity index is 1280. The normalized spacial score (nSPS) is 17.8. The van der Waals surface area contributed by atoms with Gasteiger partial charge in [0.05, 0.1) is 60.3 Å². The van der Waals surface area contributed by atoms with Crippen LogP contribution in [-0.4, -0.2) is 78.2 Å². The highest BCUT2D eigenvalue weighted by Gasteiger charge is 2.33. The fraction of sp³-hybridized carbons (Fsp3) is 0.440. The molecule has 37 heavy (non-hydrogen) atoms. The van der Waals surface area contributed by atoms with Crippen LogP contribution >= 0.6 is 0 Å². The third-order valence-electron chi connectivity index (χ3n) is 5.85. The van der Waals surface area contributed by atoms with Crippen LogP contribution in [0.4, 0.5) is 4.79 Å². The van der Waals surface area contributed by atoms with Gasteiger partial charge >= 0.3 is 6.09 Å². The molecule has 2 aromatic carbocycles. The fourth-order valence-corrected chi connectivity index (χ4v) is 5.38. The highest BCUT2D eigenvalue weighted by atomic mass is 32.2. The molecule has 2 heterocycles. The van der Waals surface area contributed by atoms with Crippen LogP contribution in [0.1, 0.15) is 25.8 Å². The molecule has 0 bridgehead atoms. The molecule has 3 aromatic rings. The number of H-pyrrole nitrogens is 1. The quantitative estimate of drug-likeness (QED) is 0.320. The Morgan fingerprint density at radius 1 is 1.27 bits per heavy atom. The molecule has 1 aromatic heterocycles. The topological polar surface area (TPSA) is 143 Å². The van der Waals surface area contributed by atoms with Crippen LogP contribution in [0.15, 0.2) is 59.8 Å². The number of hydrogen-bond donors (Lipinski definition) is 3. The lowest BCUT2D eigenvalue weighted by atomic mass is 10.0. The van der Waals surface area contributed by atoms with E-state index in [1.807, 2.05) is 30.3 Å². The Balaban J connectivity index is 1.55. The van der Waals surface area contributed by atoms with Gasteiger partial charge in [-0.15, -0.1) is 0 Å². The minimum absolute atomic E-state index is 0.0229. The van der Waals surface area contributed by atoms with Crippen molar-refractivity contribution < 1.29 is 32.6 Å². The molecule has 0 aliphatic carbocycles. The largest absolute Gasteiger partial charge is 0.444 e. The van der Waals surface area contributed by atoms with Crippen molar-refractivity contribution in [3.63, 3.8) is 0 Å². The van der Waals surface area contributed by atoms with E-state index in [0.29, 0.717) is 30.7 Å². The molecule has 0 saturated carbocycles. The first-order valence-corrected chi connectivity index (χ1v) is 13.6. The number of imidazole rings is 1. The SMILES string of the molecule is CC(C)ON(C[C@@H](O)[C@H](Cc1ccccc1)NC(=O)O[C@H]1CCOC1)S(=O)(=O)c1ccc2nc[nH]c2c1. The molecule has 1 saturated heterocycles. The van der Waals surface area contributed by atoms with E-state index < -0.39 is 40.9 Å². The number of aromatic nitrogens is 2. The van der Waals surface area contributed by atoms with Crippen molar-refractivity contribution in [2.75, 3.05) is 19.8 Å². The number of aliphatic hydroxyl groups is 1. The van der Waals surface area contributed by atoms with Crippen LogP contribution in [0, 0.1) is 0 Å². The molecule has 0 radical (unpaired) electrons. The number of carbonyl (C=O) groups excluding carboxylic acids is 1. The van der Waals surface area contributed by atoms with E-state index in [1.165, 1.54) is 18.5 Å². The number of amides is 1. The monoisotopic (exact) mass is 532 g/mol. The number of aliphatic hydroxyl groups excluding tert-OH is 1. The van der Waals surface area contributed by atoms with Gasteiger partial charge in [0.1, 0.15) is 6.10 Å². The summed E-state index contributed by atoms with van der Waals surface area (Å²) in [5, 5.41) is 13.9. The molecule has 1 aliphatic rings. The van der Waals surface area contributed by atoms with Crippen LogP contribution in [-0.2, 0) is 30.8 Å². The van der Waals surface area contributed by atoms with E-state index in [1.54, 1.807) is 19.9 Å². The number of nitrogens with one attached hydrogen (secondary N) is 2. The molecule has 3 atom stereocenters. The van der Waals surface area contributed by atoms with Gasteiger partial charge in [-0.2, -0.15) is 0 Å². The van der Waals surface area contributed by atoms with E-state index in [2.05, 4.69) is 15.3 Å². The summed E-state index contributed by atoms with van der Waals surface area (Å²) < 4.78 is 38.5. The van der Waals surface area contributed by atoms with E-state index in [-0.39, 0.29) is 17.4 Å². The smallest absolute Gasteiger partial charge is 0.407 e. The number of ether oxygens (including phenoxy) is 2. The molecule has 12 heteroatoms. The minimum atomic E-state index is -4.17. The maximum Gasteiger partial charge on any atom is 0.407 e. The van der Waals surface area contributed by atoms with E-state index in [4.69, 9.17) is 14.3 Å². The van der Waals surface area contributed by atoms with Crippen LogP contribution in [0.5, 0.6) is 0 Å². The summed E-state index contributed by atoms with van der Waals surface area (Å²) in [6.45, 7) is 3.78. The van der Waals surface area contributed by atoms with Crippen molar-refractivity contribution in [2.45, 2.75) is 55.9 Å². The zero-order valence-corrected chi connectivity index (χ0v) is 21.6. The Morgan fingerprint density at radius 2 is 2.05 bits per heavy atom. The summed E-state index contributed by atoms with van der Waals surface area (Å²) in [5.41, 5.74) is 2.02. The second kappa shape index (κ2) is 12.0. The Kier molecular flexibility index (Phi) is 8.77. The first kappa shape index (κ1) is 27.0. The summed E-state index contributed by atoms with van der Waals surface area (Å²) in [4.78, 5) is 25.2. The molecule has 0 spiro atoms. The number of nitrogens with zero attached hydrogens (tertiary/aromatic N) is 2. The van der Waals surface area contributed by atoms with Crippen LogP contribution in [0.2, 0.25) is 0 Å². The van der Waals surface area contributed by atoms with Gasteiger partial charge in [-0.3, -0.25) is 4.84 Å². The van der Waals surface area contributed by atoms with Crippen LogP contribution in [0.25, 0.3) is 11.0 Å². The number of hydrogen-bond acceptors (Lipinski definition) is 8. The first-order chi connectivity index (χ1) is 17.7. The van der Waals surface area contributed by atoms with Gasteiger partial charge in [0.25, 0.3) is 10.0 Å². The van der Waals surface area contributed by atoms with E-state index in [0.717, 1.165) is 10.0 Å². The summed E-state index contributed by atoms with van der Waals surface area (Å²) in [5.74, 6) is 0. The number of carbonyl (C=O) groups is 1. The maximum absolute atomic E-state index is 13.5. The summed E-state index contributed by atoms with van der Waals surface area (Å²) >= 11 is 0. The van der Waals surface area contributed by atoms with Crippen LogP contribution < -0.4 is 5.32 Å². The van der Waals surface area contributed by atoms with Crippen molar-refractivity contribution in [3.8, 4) is 0 Å². The van der Waals surface area contributed by atoms with Crippen molar-refractivity contribution in [1.29, 1.82) is 0 Å². The highest BCUT2D eigenvalue weighted by molar-refractivity contribution is 7.89. The number of hydroxylamine groups is 1. The van der Waals surface area contributed by atoms with Gasteiger partial charge in [-0.1, -0.05) is 34.8 Å². The molecule has 200 valence electrons. The number of benzene rings is 2. The minimum Gasteiger partial charge on any atom is -0.444 e. The van der Waals surface area contributed by atoms with Crippen molar-refractivity contribution >= 4 is 27.1 Å². The lowest BCUT2D eigenvalue weighted by Gasteiger charge is -2.30. The van der Waals surface area contributed by atoms with Gasteiger partial charge in [0, 0.05) is 6.42 Å². The van der Waals surface area contributed by atoms with Crippen LogP contribution in [0.3, 0.4) is 0 Å². The zero-order valence-electron chi connectivity index (χ0n) is 20.7. The molecule has 3 N–H and O–H groups in total. The number of sulfonamides is 1. The molecule has 11 nitrogen and oxygen atoms in total. The number of aromatic amines is 1. The summed E-state index contributed by atoms with van der Waals surface area (Å²) in [6, 6.07) is 12.9.